The van der Waals surface area contributed by atoms with Crippen LogP contribution in [-0.4, -0.2) is 37.0 Å². The van der Waals surface area contributed by atoms with Crippen LogP contribution in [0.4, 0.5) is 10.1 Å². The Morgan fingerprint density at radius 1 is 0.966 bits per heavy atom. The Bertz CT molecular complexity index is 912. The van der Waals surface area contributed by atoms with Crippen LogP contribution in [0.3, 0.4) is 0 Å². The van der Waals surface area contributed by atoms with Gasteiger partial charge in [-0.05, 0) is 61.2 Å². The Labute approximate surface area is 171 Å². The Morgan fingerprint density at radius 3 is 2.41 bits per heavy atom. The predicted molar refractivity (Wildman–Crippen MR) is 111 cm³/mol. The van der Waals surface area contributed by atoms with Gasteiger partial charge in [0.25, 0.3) is 0 Å². The summed E-state index contributed by atoms with van der Waals surface area (Å²) in [6, 6.07) is 16.4. The highest BCUT2D eigenvalue weighted by atomic mass is 19.1. The fourth-order valence-corrected chi connectivity index (χ4v) is 4.82. The SMILES string of the molecule is N#Cc1ccc(N2CCCN(C(=O)C3(c4cccc(F)c4)CCCC3)CC2)cc1. The summed E-state index contributed by atoms with van der Waals surface area (Å²) in [4.78, 5) is 17.9. The van der Waals surface area contributed by atoms with E-state index in [1.54, 1.807) is 12.1 Å². The second kappa shape index (κ2) is 8.24. The summed E-state index contributed by atoms with van der Waals surface area (Å²) >= 11 is 0. The molecule has 2 aliphatic rings. The summed E-state index contributed by atoms with van der Waals surface area (Å²) in [5.74, 6) is -0.119. The molecule has 2 aromatic rings. The molecule has 1 heterocycles. The van der Waals surface area contributed by atoms with Crippen LogP contribution in [0.5, 0.6) is 0 Å². The van der Waals surface area contributed by atoms with Crippen molar-refractivity contribution in [3.8, 4) is 6.07 Å². The van der Waals surface area contributed by atoms with Crippen molar-refractivity contribution in [2.75, 3.05) is 31.1 Å². The molecule has 0 atom stereocenters. The Morgan fingerprint density at radius 2 is 1.72 bits per heavy atom. The average molecular weight is 391 g/mol. The van der Waals surface area contributed by atoms with E-state index in [1.807, 2.05) is 35.2 Å². The molecule has 29 heavy (non-hydrogen) atoms. The molecule has 4 nitrogen and oxygen atoms in total. The third-order valence-corrected chi connectivity index (χ3v) is 6.39. The summed E-state index contributed by atoms with van der Waals surface area (Å²) in [6.45, 7) is 3.03. The maximum absolute atomic E-state index is 13.9. The molecule has 1 saturated heterocycles. The van der Waals surface area contributed by atoms with E-state index in [0.29, 0.717) is 12.1 Å². The molecule has 0 radical (unpaired) electrons. The number of nitrogens with zero attached hydrogens (tertiary/aromatic N) is 3. The van der Waals surface area contributed by atoms with Crippen molar-refractivity contribution in [2.45, 2.75) is 37.5 Å². The van der Waals surface area contributed by atoms with Gasteiger partial charge < -0.3 is 9.80 Å². The molecule has 0 N–H and O–H groups in total. The fraction of sp³-hybridized carbons (Fsp3) is 0.417. The highest BCUT2D eigenvalue weighted by molar-refractivity contribution is 5.88. The van der Waals surface area contributed by atoms with Crippen molar-refractivity contribution in [3.05, 3.63) is 65.5 Å². The van der Waals surface area contributed by atoms with E-state index in [-0.39, 0.29) is 11.7 Å². The lowest BCUT2D eigenvalue weighted by molar-refractivity contribution is -0.137. The molecule has 5 heteroatoms. The largest absolute Gasteiger partial charge is 0.370 e. The van der Waals surface area contributed by atoms with Gasteiger partial charge in [0.1, 0.15) is 5.82 Å². The molecular formula is C24H26FN3O. The number of nitriles is 1. The molecule has 150 valence electrons. The minimum Gasteiger partial charge on any atom is -0.370 e. The van der Waals surface area contributed by atoms with E-state index in [0.717, 1.165) is 63.0 Å². The number of anilines is 1. The van der Waals surface area contributed by atoms with E-state index in [4.69, 9.17) is 5.26 Å². The summed E-state index contributed by atoms with van der Waals surface area (Å²) in [6.07, 6.45) is 4.50. The van der Waals surface area contributed by atoms with Crippen LogP contribution in [-0.2, 0) is 10.2 Å². The van der Waals surface area contributed by atoms with Gasteiger partial charge in [-0.15, -0.1) is 0 Å². The Kier molecular flexibility index (Phi) is 5.53. The first-order valence-electron chi connectivity index (χ1n) is 10.4. The second-order valence-electron chi connectivity index (χ2n) is 8.09. The summed E-state index contributed by atoms with van der Waals surface area (Å²) in [5.41, 5.74) is 1.98. The molecule has 4 rings (SSSR count). The van der Waals surface area contributed by atoms with Crippen molar-refractivity contribution in [1.29, 1.82) is 5.26 Å². The standard InChI is InChI=1S/C24H26FN3O/c25-21-6-3-5-20(17-21)24(11-1-2-12-24)23(29)28-14-4-13-27(15-16-28)22-9-7-19(18-26)8-10-22/h3,5-10,17H,1-2,4,11-16H2. The van der Waals surface area contributed by atoms with Crippen LogP contribution in [0.1, 0.15) is 43.2 Å². The molecule has 0 unspecified atom stereocenters. The van der Waals surface area contributed by atoms with Gasteiger partial charge >= 0.3 is 0 Å². The normalized spacial score (nSPS) is 18.9. The number of halogens is 1. The second-order valence-corrected chi connectivity index (χ2v) is 8.09. The summed E-state index contributed by atoms with van der Waals surface area (Å²) in [5, 5.41) is 8.99. The van der Waals surface area contributed by atoms with Crippen LogP contribution in [0.2, 0.25) is 0 Å². The van der Waals surface area contributed by atoms with E-state index >= 15 is 0 Å². The lowest BCUT2D eigenvalue weighted by Gasteiger charge is -2.34. The van der Waals surface area contributed by atoms with Crippen molar-refractivity contribution in [1.82, 2.24) is 4.90 Å². The first-order valence-corrected chi connectivity index (χ1v) is 10.4. The molecule has 0 bridgehead atoms. The zero-order chi connectivity index (χ0) is 20.3. The van der Waals surface area contributed by atoms with Crippen LogP contribution in [0.15, 0.2) is 48.5 Å². The van der Waals surface area contributed by atoms with E-state index in [9.17, 15) is 9.18 Å². The van der Waals surface area contributed by atoms with Crippen LogP contribution in [0, 0.1) is 17.1 Å². The van der Waals surface area contributed by atoms with E-state index in [1.165, 1.54) is 6.07 Å². The maximum Gasteiger partial charge on any atom is 0.233 e. The molecule has 2 fully saturated rings. The zero-order valence-corrected chi connectivity index (χ0v) is 16.6. The van der Waals surface area contributed by atoms with Crippen molar-refractivity contribution in [2.24, 2.45) is 0 Å². The molecule has 1 amide bonds. The third kappa shape index (κ3) is 3.85. The van der Waals surface area contributed by atoms with Gasteiger partial charge in [0, 0.05) is 31.9 Å². The highest BCUT2D eigenvalue weighted by Crippen LogP contribution is 2.43. The van der Waals surface area contributed by atoms with Gasteiger partial charge in [-0.3, -0.25) is 4.79 Å². The number of hydrogen-bond donors (Lipinski definition) is 0. The number of carbonyl (C=O) groups is 1. The number of rotatable bonds is 3. The minimum atomic E-state index is -0.578. The molecule has 0 spiro atoms. The predicted octanol–water partition coefficient (Wildman–Crippen LogP) is 4.25. The zero-order valence-electron chi connectivity index (χ0n) is 16.6. The number of hydrogen-bond acceptors (Lipinski definition) is 3. The quantitative estimate of drug-likeness (QED) is 0.786. The molecule has 1 saturated carbocycles. The first kappa shape index (κ1) is 19.4. The Hall–Kier alpha value is -2.87. The fourth-order valence-electron chi connectivity index (χ4n) is 4.82. The molecule has 0 aromatic heterocycles. The Balaban J connectivity index is 1.52. The van der Waals surface area contributed by atoms with Crippen LogP contribution >= 0.6 is 0 Å². The van der Waals surface area contributed by atoms with Gasteiger partial charge in [-0.1, -0.05) is 25.0 Å². The van der Waals surface area contributed by atoms with Crippen LogP contribution < -0.4 is 4.90 Å². The minimum absolute atomic E-state index is 0.155. The van der Waals surface area contributed by atoms with E-state index in [2.05, 4.69) is 11.0 Å². The number of amides is 1. The third-order valence-electron chi connectivity index (χ3n) is 6.39. The van der Waals surface area contributed by atoms with Gasteiger partial charge in [-0.25, -0.2) is 4.39 Å². The summed E-state index contributed by atoms with van der Waals surface area (Å²) < 4.78 is 13.9. The smallest absolute Gasteiger partial charge is 0.233 e. The van der Waals surface area contributed by atoms with Crippen LogP contribution in [0.25, 0.3) is 0 Å². The molecular weight excluding hydrogens is 365 g/mol. The first-order chi connectivity index (χ1) is 14.1. The molecule has 1 aliphatic carbocycles. The highest BCUT2D eigenvalue weighted by Gasteiger charge is 2.45. The monoisotopic (exact) mass is 391 g/mol. The van der Waals surface area contributed by atoms with Gasteiger partial charge in [0.05, 0.1) is 17.0 Å². The van der Waals surface area contributed by atoms with Gasteiger partial charge in [0.15, 0.2) is 0 Å². The van der Waals surface area contributed by atoms with Crippen molar-refractivity contribution >= 4 is 11.6 Å². The maximum atomic E-state index is 13.9. The van der Waals surface area contributed by atoms with Gasteiger partial charge in [0.2, 0.25) is 5.91 Å². The average Bonchev–Trinajstić information content (AvgIpc) is 3.13. The van der Waals surface area contributed by atoms with Crippen molar-refractivity contribution < 1.29 is 9.18 Å². The van der Waals surface area contributed by atoms with Crippen molar-refractivity contribution in [3.63, 3.8) is 0 Å². The lowest BCUT2D eigenvalue weighted by atomic mass is 9.77. The lowest BCUT2D eigenvalue weighted by Crippen LogP contribution is -2.47. The summed E-state index contributed by atoms with van der Waals surface area (Å²) in [7, 11) is 0. The topological polar surface area (TPSA) is 47.3 Å². The van der Waals surface area contributed by atoms with E-state index < -0.39 is 5.41 Å². The number of carbonyl (C=O) groups excluding carboxylic acids is 1. The van der Waals surface area contributed by atoms with Gasteiger partial charge in [-0.2, -0.15) is 5.26 Å². The molecule has 1 aliphatic heterocycles. The molecule has 2 aromatic carbocycles. The number of benzene rings is 2.